The summed E-state index contributed by atoms with van der Waals surface area (Å²) in [6.07, 6.45) is 6.20. The molecule has 0 bridgehead atoms. The molecule has 3 heterocycles. The lowest BCUT2D eigenvalue weighted by Crippen LogP contribution is -2.36. The van der Waals surface area contributed by atoms with Crippen molar-refractivity contribution in [1.82, 2.24) is 14.7 Å². The highest BCUT2D eigenvalue weighted by molar-refractivity contribution is 6.30. The van der Waals surface area contributed by atoms with E-state index in [1.165, 1.54) is 6.42 Å². The van der Waals surface area contributed by atoms with E-state index in [-0.39, 0.29) is 0 Å². The minimum absolute atomic E-state index is 0.451. The summed E-state index contributed by atoms with van der Waals surface area (Å²) in [5, 5.41) is 4.20. The Kier molecular flexibility index (Phi) is 3.50. The third-order valence-corrected chi connectivity index (χ3v) is 3.42. The molecule has 0 radical (unpaired) electrons. The van der Waals surface area contributed by atoms with Gasteiger partial charge in [0.05, 0.1) is 17.3 Å². The maximum atomic E-state index is 5.95. The summed E-state index contributed by atoms with van der Waals surface area (Å²) in [5.74, 6) is 0. The van der Waals surface area contributed by atoms with Crippen LogP contribution in [-0.2, 0) is 11.3 Å². The number of fused-ring (bicyclic) bond motifs is 1. The van der Waals surface area contributed by atoms with E-state index in [9.17, 15) is 0 Å². The average Bonchev–Trinajstić information content (AvgIpc) is 2.79. The van der Waals surface area contributed by atoms with Crippen LogP contribution in [0, 0.1) is 0 Å². The van der Waals surface area contributed by atoms with Crippen molar-refractivity contribution in [1.29, 1.82) is 0 Å². The van der Waals surface area contributed by atoms with Gasteiger partial charge in [-0.25, -0.2) is 4.98 Å². The second kappa shape index (κ2) is 5.26. The highest BCUT2D eigenvalue weighted by Gasteiger charge is 2.13. The maximum Gasteiger partial charge on any atom is 0.137 e. The molecular weight excluding hydrogens is 250 g/mol. The molecule has 0 aromatic carbocycles. The van der Waals surface area contributed by atoms with Gasteiger partial charge in [-0.2, -0.15) is 0 Å². The minimum Gasteiger partial charge on any atom is -0.380 e. The third kappa shape index (κ3) is 2.66. The normalized spacial score (nSPS) is 20.4. The number of nitrogens with zero attached hydrogens (tertiary/aromatic N) is 2. The number of nitrogens with one attached hydrogen (secondary N) is 1. The van der Waals surface area contributed by atoms with Crippen LogP contribution in [0.1, 0.15) is 18.5 Å². The maximum absolute atomic E-state index is 5.95. The second-order valence-corrected chi connectivity index (χ2v) is 5.08. The summed E-state index contributed by atoms with van der Waals surface area (Å²) in [5.41, 5.74) is 1.96. The fourth-order valence-electron chi connectivity index (χ4n) is 2.25. The van der Waals surface area contributed by atoms with E-state index in [4.69, 9.17) is 16.3 Å². The third-order valence-electron chi connectivity index (χ3n) is 3.20. The van der Waals surface area contributed by atoms with Gasteiger partial charge in [0.15, 0.2) is 0 Å². The molecular formula is C13H16ClN3O. The Morgan fingerprint density at radius 2 is 2.39 bits per heavy atom. The van der Waals surface area contributed by atoms with Crippen LogP contribution in [-0.4, -0.2) is 28.6 Å². The first-order valence-electron chi connectivity index (χ1n) is 6.25. The van der Waals surface area contributed by atoms with Crippen LogP contribution in [0.15, 0.2) is 24.5 Å². The van der Waals surface area contributed by atoms with Crippen LogP contribution in [0.2, 0.25) is 5.02 Å². The van der Waals surface area contributed by atoms with Crippen LogP contribution in [0.4, 0.5) is 0 Å². The molecule has 1 aliphatic rings. The molecule has 2 aromatic rings. The van der Waals surface area contributed by atoms with Crippen LogP contribution in [0.3, 0.4) is 0 Å². The molecule has 1 saturated heterocycles. The lowest BCUT2D eigenvalue weighted by atomic mass is 10.1. The summed E-state index contributed by atoms with van der Waals surface area (Å²) >= 11 is 5.95. The highest BCUT2D eigenvalue weighted by Crippen LogP contribution is 2.12. The van der Waals surface area contributed by atoms with Crippen LogP contribution in [0.25, 0.3) is 5.65 Å². The van der Waals surface area contributed by atoms with Gasteiger partial charge in [0, 0.05) is 31.6 Å². The van der Waals surface area contributed by atoms with Gasteiger partial charge in [-0.3, -0.25) is 0 Å². The van der Waals surface area contributed by atoms with Gasteiger partial charge in [0.2, 0.25) is 0 Å². The molecule has 1 aliphatic heterocycles. The minimum atomic E-state index is 0.451. The Bertz CT molecular complexity index is 534. The average molecular weight is 266 g/mol. The molecule has 4 nitrogen and oxygen atoms in total. The van der Waals surface area contributed by atoms with Gasteiger partial charge in [-0.1, -0.05) is 11.6 Å². The van der Waals surface area contributed by atoms with Gasteiger partial charge in [-0.05, 0) is 25.0 Å². The van der Waals surface area contributed by atoms with Gasteiger partial charge in [0.1, 0.15) is 5.65 Å². The number of pyridine rings is 1. The Labute approximate surface area is 111 Å². The Morgan fingerprint density at radius 3 is 3.22 bits per heavy atom. The second-order valence-electron chi connectivity index (χ2n) is 4.64. The first-order chi connectivity index (χ1) is 8.81. The summed E-state index contributed by atoms with van der Waals surface area (Å²) in [7, 11) is 0. The Morgan fingerprint density at radius 1 is 1.44 bits per heavy atom. The molecule has 0 spiro atoms. The summed E-state index contributed by atoms with van der Waals surface area (Å²) in [4.78, 5) is 4.54. The zero-order valence-corrected chi connectivity index (χ0v) is 10.9. The van der Waals surface area contributed by atoms with E-state index in [0.29, 0.717) is 6.04 Å². The van der Waals surface area contributed by atoms with Crippen molar-refractivity contribution in [3.63, 3.8) is 0 Å². The van der Waals surface area contributed by atoms with E-state index in [1.807, 2.05) is 28.9 Å². The number of hydrogen-bond donors (Lipinski definition) is 1. The van der Waals surface area contributed by atoms with Gasteiger partial charge < -0.3 is 14.5 Å². The molecule has 1 N–H and O–H groups in total. The monoisotopic (exact) mass is 265 g/mol. The predicted molar refractivity (Wildman–Crippen MR) is 70.9 cm³/mol. The Hall–Kier alpha value is -1.10. The molecule has 1 atom stereocenters. The molecule has 1 unspecified atom stereocenters. The molecule has 1 fully saturated rings. The van der Waals surface area contributed by atoms with Gasteiger partial charge >= 0.3 is 0 Å². The predicted octanol–water partition coefficient (Wildman–Crippen LogP) is 2.26. The number of hydrogen-bond acceptors (Lipinski definition) is 3. The van der Waals surface area contributed by atoms with Crippen molar-refractivity contribution in [2.75, 3.05) is 13.2 Å². The van der Waals surface area contributed by atoms with E-state index in [1.54, 1.807) is 0 Å². The molecule has 0 saturated carbocycles. The molecule has 96 valence electrons. The van der Waals surface area contributed by atoms with E-state index in [0.717, 1.165) is 42.5 Å². The van der Waals surface area contributed by atoms with Crippen molar-refractivity contribution in [3.05, 3.63) is 35.2 Å². The lowest BCUT2D eigenvalue weighted by molar-refractivity contribution is 0.0698. The number of imidazole rings is 1. The van der Waals surface area contributed by atoms with Gasteiger partial charge in [-0.15, -0.1) is 0 Å². The fourth-order valence-corrected chi connectivity index (χ4v) is 2.42. The van der Waals surface area contributed by atoms with Gasteiger partial charge in [0.25, 0.3) is 0 Å². The van der Waals surface area contributed by atoms with Crippen LogP contribution in [0.5, 0.6) is 0 Å². The standard InChI is InChI=1S/C13H16ClN3O/c14-10-3-4-13-16-12(8-17(13)7-10)6-15-11-2-1-5-18-9-11/h3-4,7-8,11,15H,1-2,5-6,9H2. The zero-order chi connectivity index (χ0) is 12.4. The van der Waals surface area contributed by atoms with E-state index >= 15 is 0 Å². The SMILES string of the molecule is Clc1ccc2nc(CNC3CCCOC3)cn2c1. The first-order valence-corrected chi connectivity index (χ1v) is 6.63. The molecule has 5 heteroatoms. The quantitative estimate of drug-likeness (QED) is 0.925. The highest BCUT2D eigenvalue weighted by atomic mass is 35.5. The number of ether oxygens (including phenoxy) is 1. The molecule has 0 amide bonds. The van der Waals surface area contributed by atoms with Crippen LogP contribution >= 0.6 is 11.6 Å². The summed E-state index contributed by atoms with van der Waals surface area (Å²) in [6.45, 7) is 2.47. The molecule has 2 aromatic heterocycles. The molecule has 18 heavy (non-hydrogen) atoms. The zero-order valence-electron chi connectivity index (χ0n) is 10.1. The summed E-state index contributed by atoms with van der Waals surface area (Å²) < 4.78 is 7.39. The topological polar surface area (TPSA) is 38.6 Å². The van der Waals surface area contributed by atoms with Crippen molar-refractivity contribution < 1.29 is 4.74 Å². The number of rotatable bonds is 3. The molecule has 3 rings (SSSR count). The number of aromatic nitrogens is 2. The van der Waals surface area contributed by atoms with E-state index in [2.05, 4.69) is 10.3 Å². The molecule has 0 aliphatic carbocycles. The smallest absolute Gasteiger partial charge is 0.137 e. The fraction of sp³-hybridized carbons (Fsp3) is 0.462. The van der Waals surface area contributed by atoms with Crippen molar-refractivity contribution >= 4 is 17.2 Å². The van der Waals surface area contributed by atoms with Crippen LogP contribution < -0.4 is 5.32 Å². The van der Waals surface area contributed by atoms with E-state index < -0.39 is 0 Å². The van der Waals surface area contributed by atoms with Crippen molar-refractivity contribution in [2.24, 2.45) is 0 Å². The Balaban J connectivity index is 1.67. The largest absolute Gasteiger partial charge is 0.380 e. The summed E-state index contributed by atoms with van der Waals surface area (Å²) in [6, 6.07) is 4.23. The number of halogens is 1. The van der Waals surface area contributed by atoms with Crippen molar-refractivity contribution in [3.8, 4) is 0 Å². The lowest BCUT2D eigenvalue weighted by Gasteiger charge is -2.22. The first kappa shape index (κ1) is 12.0. The van der Waals surface area contributed by atoms with Crippen molar-refractivity contribution in [2.45, 2.75) is 25.4 Å².